The van der Waals surface area contributed by atoms with Crippen molar-refractivity contribution in [2.24, 2.45) is 0 Å². The van der Waals surface area contributed by atoms with Crippen molar-refractivity contribution in [3.63, 3.8) is 0 Å². The molecule has 2 rings (SSSR count). The summed E-state index contributed by atoms with van der Waals surface area (Å²) in [4.78, 5) is 0. The zero-order chi connectivity index (χ0) is 12.6. The molecule has 0 aliphatic heterocycles. The van der Waals surface area contributed by atoms with E-state index in [4.69, 9.17) is 17.3 Å². The molecule has 2 N–H and O–H groups in total. The van der Waals surface area contributed by atoms with Crippen LogP contribution in [0.15, 0.2) is 18.2 Å². The highest BCUT2D eigenvalue weighted by molar-refractivity contribution is 7.18. The highest BCUT2D eigenvalue weighted by Gasteiger charge is 2.34. The predicted octanol–water partition coefficient (Wildman–Crippen LogP) is 3.46. The van der Waals surface area contributed by atoms with Crippen LogP contribution in [-0.2, 0) is 6.18 Å². The van der Waals surface area contributed by atoms with Gasteiger partial charge in [-0.15, -0.1) is 10.2 Å². The summed E-state index contributed by atoms with van der Waals surface area (Å²) in [6.45, 7) is 0. The Hall–Kier alpha value is -1.34. The average molecular weight is 280 g/mol. The number of alkyl halides is 3. The molecule has 90 valence electrons. The summed E-state index contributed by atoms with van der Waals surface area (Å²) in [6.07, 6.45) is -4.50. The van der Waals surface area contributed by atoms with Gasteiger partial charge in [0.25, 0.3) is 0 Å². The molecular formula is C9H5ClF3N3S. The number of anilines is 1. The lowest BCUT2D eigenvalue weighted by Crippen LogP contribution is -2.06. The highest BCUT2D eigenvalue weighted by atomic mass is 35.5. The molecule has 0 bridgehead atoms. The molecule has 1 aromatic heterocycles. The van der Waals surface area contributed by atoms with Gasteiger partial charge in [-0.05, 0) is 6.07 Å². The lowest BCUT2D eigenvalue weighted by molar-refractivity contribution is -0.137. The molecule has 2 aromatic rings. The molecule has 8 heteroatoms. The van der Waals surface area contributed by atoms with Crippen LogP contribution < -0.4 is 5.73 Å². The van der Waals surface area contributed by atoms with Gasteiger partial charge in [0.1, 0.15) is 0 Å². The number of nitrogens with zero attached hydrogens (tertiary/aromatic N) is 2. The van der Waals surface area contributed by atoms with E-state index in [1.807, 2.05) is 0 Å². The van der Waals surface area contributed by atoms with E-state index < -0.39 is 16.8 Å². The minimum absolute atomic E-state index is 0.175. The SMILES string of the molecule is Nc1nnc(-c2cccc(C(F)(F)F)c2Cl)s1. The molecule has 0 saturated heterocycles. The molecule has 1 heterocycles. The van der Waals surface area contributed by atoms with Crippen molar-refractivity contribution < 1.29 is 13.2 Å². The molecule has 0 aliphatic carbocycles. The number of benzene rings is 1. The third kappa shape index (κ3) is 2.34. The largest absolute Gasteiger partial charge is 0.417 e. The van der Waals surface area contributed by atoms with Crippen LogP contribution in [0, 0.1) is 0 Å². The van der Waals surface area contributed by atoms with Gasteiger partial charge in [0.05, 0.1) is 10.6 Å². The summed E-state index contributed by atoms with van der Waals surface area (Å²) in [7, 11) is 0. The smallest absolute Gasteiger partial charge is 0.374 e. The second-order valence-corrected chi connectivity index (χ2v) is 4.50. The molecule has 0 spiro atoms. The van der Waals surface area contributed by atoms with Crippen molar-refractivity contribution in [3.05, 3.63) is 28.8 Å². The molecule has 0 fully saturated rings. The van der Waals surface area contributed by atoms with E-state index >= 15 is 0 Å². The fraction of sp³-hybridized carbons (Fsp3) is 0.111. The molecule has 0 atom stereocenters. The third-order valence-electron chi connectivity index (χ3n) is 1.98. The topological polar surface area (TPSA) is 51.8 Å². The Kier molecular flexibility index (Phi) is 2.96. The molecule has 0 aliphatic rings. The maximum absolute atomic E-state index is 12.6. The van der Waals surface area contributed by atoms with Gasteiger partial charge in [-0.3, -0.25) is 0 Å². The summed E-state index contributed by atoms with van der Waals surface area (Å²) in [6, 6.07) is 3.62. The number of nitrogen functional groups attached to an aromatic ring is 1. The maximum Gasteiger partial charge on any atom is 0.417 e. The van der Waals surface area contributed by atoms with Gasteiger partial charge < -0.3 is 5.73 Å². The van der Waals surface area contributed by atoms with Crippen LogP contribution in [0.1, 0.15) is 5.56 Å². The van der Waals surface area contributed by atoms with E-state index in [1.165, 1.54) is 12.1 Å². The molecule has 0 amide bonds. The Bertz CT molecular complexity index is 553. The van der Waals surface area contributed by atoms with Gasteiger partial charge in [-0.1, -0.05) is 35.1 Å². The summed E-state index contributed by atoms with van der Waals surface area (Å²) < 4.78 is 37.8. The second-order valence-electron chi connectivity index (χ2n) is 3.11. The molecule has 3 nitrogen and oxygen atoms in total. The van der Waals surface area contributed by atoms with E-state index in [9.17, 15) is 13.2 Å². The molecule has 17 heavy (non-hydrogen) atoms. The summed E-state index contributed by atoms with van der Waals surface area (Å²) >= 11 is 6.69. The van der Waals surface area contributed by atoms with Gasteiger partial charge in [0.15, 0.2) is 5.01 Å². The minimum Gasteiger partial charge on any atom is -0.374 e. The van der Waals surface area contributed by atoms with Gasteiger partial charge in [0, 0.05) is 5.56 Å². The van der Waals surface area contributed by atoms with E-state index in [2.05, 4.69) is 10.2 Å². The summed E-state index contributed by atoms with van der Waals surface area (Å²) in [5.41, 5.74) is 4.65. The standard InChI is InChI=1S/C9H5ClF3N3S/c10-6-4(7-15-16-8(14)17-7)2-1-3-5(6)9(11,12)13/h1-3H,(H2,14,16). The molecule has 0 radical (unpaired) electrons. The van der Waals surface area contributed by atoms with Crippen molar-refractivity contribution in [2.75, 3.05) is 5.73 Å². The minimum atomic E-state index is -4.50. The van der Waals surface area contributed by atoms with E-state index in [1.54, 1.807) is 0 Å². The van der Waals surface area contributed by atoms with Gasteiger partial charge in [-0.2, -0.15) is 13.2 Å². The maximum atomic E-state index is 12.6. The van der Waals surface area contributed by atoms with Crippen LogP contribution in [0.4, 0.5) is 18.3 Å². The summed E-state index contributed by atoms with van der Waals surface area (Å²) in [5.74, 6) is 0. The van der Waals surface area contributed by atoms with Crippen LogP contribution >= 0.6 is 22.9 Å². The fourth-order valence-electron chi connectivity index (χ4n) is 1.26. The fourth-order valence-corrected chi connectivity index (χ4v) is 2.28. The normalized spacial score (nSPS) is 11.8. The third-order valence-corrected chi connectivity index (χ3v) is 3.17. The first kappa shape index (κ1) is 12.1. The van der Waals surface area contributed by atoms with Crippen LogP contribution in [0.5, 0.6) is 0 Å². The van der Waals surface area contributed by atoms with Crippen LogP contribution in [0.2, 0.25) is 5.02 Å². The number of hydrogen-bond donors (Lipinski definition) is 1. The van der Waals surface area contributed by atoms with Crippen molar-refractivity contribution in [1.29, 1.82) is 0 Å². The molecule has 0 saturated carbocycles. The Morgan fingerprint density at radius 3 is 2.47 bits per heavy atom. The number of rotatable bonds is 1. The van der Waals surface area contributed by atoms with Crippen molar-refractivity contribution in [2.45, 2.75) is 6.18 Å². The van der Waals surface area contributed by atoms with Crippen LogP contribution in [0.25, 0.3) is 10.6 Å². The van der Waals surface area contributed by atoms with Crippen molar-refractivity contribution >= 4 is 28.1 Å². The molecular weight excluding hydrogens is 275 g/mol. The first-order chi connectivity index (χ1) is 7.89. The van der Waals surface area contributed by atoms with Crippen LogP contribution in [0.3, 0.4) is 0 Å². The van der Waals surface area contributed by atoms with Gasteiger partial charge in [-0.25, -0.2) is 0 Å². The lowest BCUT2D eigenvalue weighted by atomic mass is 10.1. The number of halogens is 4. The number of hydrogen-bond acceptors (Lipinski definition) is 4. The second kappa shape index (κ2) is 4.15. The Morgan fingerprint density at radius 2 is 1.94 bits per heavy atom. The van der Waals surface area contributed by atoms with Crippen molar-refractivity contribution in [3.8, 4) is 10.6 Å². The Labute approximate surface area is 103 Å². The molecule has 1 aromatic carbocycles. The van der Waals surface area contributed by atoms with E-state index in [0.717, 1.165) is 17.4 Å². The quantitative estimate of drug-likeness (QED) is 0.870. The van der Waals surface area contributed by atoms with Crippen LogP contribution in [-0.4, -0.2) is 10.2 Å². The number of nitrogens with two attached hydrogens (primary N) is 1. The summed E-state index contributed by atoms with van der Waals surface area (Å²) in [5, 5.41) is 7.24. The monoisotopic (exact) mass is 279 g/mol. The Balaban J connectivity index is 2.57. The van der Waals surface area contributed by atoms with Gasteiger partial charge in [0.2, 0.25) is 5.13 Å². The molecule has 0 unspecified atom stereocenters. The van der Waals surface area contributed by atoms with Gasteiger partial charge >= 0.3 is 6.18 Å². The first-order valence-electron chi connectivity index (χ1n) is 4.34. The van der Waals surface area contributed by atoms with E-state index in [-0.39, 0.29) is 15.7 Å². The average Bonchev–Trinajstić information content (AvgIpc) is 2.63. The Morgan fingerprint density at radius 1 is 1.24 bits per heavy atom. The van der Waals surface area contributed by atoms with E-state index in [0.29, 0.717) is 0 Å². The lowest BCUT2D eigenvalue weighted by Gasteiger charge is -2.10. The van der Waals surface area contributed by atoms with Crippen molar-refractivity contribution in [1.82, 2.24) is 10.2 Å². The zero-order valence-electron chi connectivity index (χ0n) is 8.12. The zero-order valence-corrected chi connectivity index (χ0v) is 9.70. The predicted molar refractivity (Wildman–Crippen MR) is 59.8 cm³/mol. The highest BCUT2D eigenvalue weighted by Crippen LogP contribution is 2.40. The first-order valence-corrected chi connectivity index (χ1v) is 5.54. The number of aromatic nitrogens is 2.